The number of unbranched alkanes of at least 4 members (excludes halogenated alkanes) is 32. The van der Waals surface area contributed by atoms with Crippen molar-refractivity contribution in [2.24, 2.45) is 0 Å². The number of rotatable bonds is 61. The minimum atomic E-state index is -0.784. The molecule has 0 aliphatic heterocycles. The Labute approximate surface area is 495 Å². The lowest BCUT2D eigenvalue weighted by molar-refractivity contribution is -0.167. The summed E-state index contributed by atoms with van der Waals surface area (Å²) in [6, 6.07) is 0. The van der Waals surface area contributed by atoms with E-state index >= 15 is 0 Å². The molecule has 80 heavy (non-hydrogen) atoms. The number of carbonyl (C=O) groups excluding carboxylic acids is 3. The van der Waals surface area contributed by atoms with Gasteiger partial charge in [-0.05, 0) is 109 Å². The molecule has 0 bridgehead atoms. The van der Waals surface area contributed by atoms with Gasteiger partial charge >= 0.3 is 17.9 Å². The molecule has 458 valence electrons. The van der Waals surface area contributed by atoms with Gasteiger partial charge in [0.15, 0.2) is 6.10 Å². The molecule has 6 heteroatoms. The predicted octanol–water partition coefficient (Wildman–Crippen LogP) is 23.4. The molecule has 0 saturated heterocycles. The molecule has 0 aliphatic rings. The highest BCUT2D eigenvalue weighted by molar-refractivity contribution is 5.71. The number of hydrogen-bond acceptors (Lipinski definition) is 6. The monoisotopic (exact) mass is 1110 g/mol. The van der Waals surface area contributed by atoms with Crippen molar-refractivity contribution in [3.8, 4) is 0 Å². The fraction of sp³-hybridized carbons (Fsp3) is 0.716. The third kappa shape index (κ3) is 64.9. The van der Waals surface area contributed by atoms with Crippen molar-refractivity contribution in [2.75, 3.05) is 13.2 Å². The highest BCUT2D eigenvalue weighted by Crippen LogP contribution is 2.16. The molecule has 0 saturated carbocycles. The van der Waals surface area contributed by atoms with Crippen LogP contribution in [0.2, 0.25) is 0 Å². The van der Waals surface area contributed by atoms with Gasteiger partial charge < -0.3 is 14.2 Å². The molecule has 0 aromatic carbocycles. The Morgan fingerprint density at radius 2 is 0.487 bits per heavy atom. The van der Waals surface area contributed by atoms with Crippen LogP contribution in [-0.2, 0) is 28.6 Å². The van der Waals surface area contributed by atoms with E-state index in [4.69, 9.17) is 14.2 Å². The lowest BCUT2D eigenvalue weighted by Gasteiger charge is -2.18. The molecule has 0 spiro atoms. The first-order chi connectivity index (χ1) is 39.5. The van der Waals surface area contributed by atoms with Gasteiger partial charge in [0.1, 0.15) is 13.2 Å². The van der Waals surface area contributed by atoms with E-state index in [9.17, 15) is 14.4 Å². The molecule has 0 heterocycles. The van der Waals surface area contributed by atoms with Crippen LogP contribution in [0.4, 0.5) is 0 Å². The Hall–Kier alpha value is -3.93. The van der Waals surface area contributed by atoms with Crippen LogP contribution in [0.5, 0.6) is 0 Å². The van der Waals surface area contributed by atoms with Crippen molar-refractivity contribution in [2.45, 2.75) is 329 Å². The van der Waals surface area contributed by atoms with E-state index in [2.05, 4.69) is 130 Å². The minimum absolute atomic E-state index is 0.0801. The standard InChI is InChI=1S/C74H126O6/c1-4-7-10-13-16-19-22-24-26-28-29-30-31-32-33-34-35-36-37-38-39-40-41-42-43-44-45-46-48-49-52-55-58-61-64-67-73(76)79-70-71(69-78-72(75)66-63-60-57-54-51-21-18-15-12-9-6-3)80-74(77)68-65-62-59-56-53-50-47-27-25-23-20-17-14-11-8-5-2/h7,10,16,19-20,23-24,26-27,29-30,32-33,35-36,38-39,47,71H,4-6,8-9,11-15,17-18,21-22,25,28,31,34,37,40-46,48-70H2,1-3H3/b10-7-,19-16-,23-20-,26-24-,30-29-,33-32-,36-35-,39-38-,47-27-. The van der Waals surface area contributed by atoms with Crippen molar-refractivity contribution >= 4 is 17.9 Å². The first kappa shape index (κ1) is 76.1. The summed E-state index contributed by atoms with van der Waals surface area (Å²) in [6.07, 6.45) is 92.5. The molecule has 6 nitrogen and oxygen atoms in total. The number of carbonyl (C=O) groups is 3. The lowest BCUT2D eigenvalue weighted by atomic mass is 10.0. The van der Waals surface area contributed by atoms with E-state index in [0.717, 1.165) is 128 Å². The molecule has 1 unspecified atom stereocenters. The number of esters is 3. The summed E-state index contributed by atoms with van der Waals surface area (Å²) in [6.45, 7) is 6.51. The van der Waals surface area contributed by atoms with Gasteiger partial charge in [-0.15, -0.1) is 0 Å². The maximum atomic E-state index is 12.9. The second kappa shape index (κ2) is 67.6. The second-order valence-electron chi connectivity index (χ2n) is 22.4. The Balaban J connectivity index is 4.16. The van der Waals surface area contributed by atoms with Crippen LogP contribution in [0.25, 0.3) is 0 Å². The van der Waals surface area contributed by atoms with Gasteiger partial charge in [0, 0.05) is 19.3 Å². The summed E-state index contributed by atoms with van der Waals surface area (Å²) in [5, 5.41) is 0. The normalized spacial score (nSPS) is 12.8. The van der Waals surface area contributed by atoms with Crippen LogP contribution in [-0.4, -0.2) is 37.2 Å². The van der Waals surface area contributed by atoms with Crippen molar-refractivity contribution in [3.05, 3.63) is 109 Å². The first-order valence-corrected chi connectivity index (χ1v) is 33.9. The zero-order valence-corrected chi connectivity index (χ0v) is 52.6. The van der Waals surface area contributed by atoms with Gasteiger partial charge in [0.05, 0.1) is 0 Å². The summed E-state index contributed by atoms with van der Waals surface area (Å²) in [4.78, 5) is 38.3. The Bertz CT molecular complexity index is 1610. The van der Waals surface area contributed by atoms with Gasteiger partial charge in [-0.1, -0.05) is 304 Å². The van der Waals surface area contributed by atoms with Gasteiger partial charge in [0.25, 0.3) is 0 Å². The van der Waals surface area contributed by atoms with E-state index in [1.807, 2.05) is 0 Å². The van der Waals surface area contributed by atoms with Crippen LogP contribution < -0.4 is 0 Å². The van der Waals surface area contributed by atoms with Gasteiger partial charge in [-0.25, -0.2) is 0 Å². The molecule has 0 aliphatic carbocycles. The van der Waals surface area contributed by atoms with E-state index < -0.39 is 6.10 Å². The number of ether oxygens (including phenoxy) is 3. The van der Waals surface area contributed by atoms with Crippen molar-refractivity contribution < 1.29 is 28.6 Å². The molecule has 0 fully saturated rings. The van der Waals surface area contributed by atoms with Gasteiger partial charge in [-0.3, -0.25) is 14.4 Å². The molecule has 0 rings (SSSR count). The maximum absolute atomic E-state index is 12.9. The highest BCUT2D eigenvalue weighted by Gasteiger charge is 2.19. The third-order valence-electron chi connectivity index (χ3n) is 14.5. The fourth-order valence-electron chi connectivity index (χ4n) is 9.45. The predicted molar refractivity (Wildman–Crippen MR) is 348 cm³/mol. The van der Waals surface area contributed by atoms with Crippen LogP contribution in [0, 0.1) is 0 Å². The number of hydrogen-bond donors (Lipinski definition) is 0. The molecule has 0 radical (unpaired) electrons. The summed E-state index contributed by atoms with van der Waals surface area (Å²) in [7, 11) is 0. The zero-order valence-electron chi connectivity index (χ0n) is 52.6. The summed E-state index contributed by atoms with van der Waals surface area (Å²) in [5.41, 5.74) is 0. The van der Waals surface area contributed by atoms with Crippen molar-refractivity contribution in [3.63, 3.8) is 0 Å². The SMILES string of the molecule is CC/C=C\C/C=C\C/C=C\C/C=C\C/C=C\C/C=C\C/C=C\CCCCCCCCCCCCCCCC(=O)OCC(COC(=O)CCCCCCCCCCCCC)OC(=O)CCCCCCC/C=C\C/C=C\CCCCCC. The molecule has 0 aromatic heterocycles. The molecule has 0 amide bonds. The van der Waals surface area contributed by atoms with E-state index in [1.165, 1.54) is 154 Å². The lowest BCUT2D eigenvalue weighted by Crippen LogP contribution is -2.30. The molecule has 0 aromatic rings. The van der Waals surface area contributed by atoms with Crippen LogP contribution in [0.15, 0.2) is 109 Å². The minimum Gasteiger partial charge on any atom is -0.462 e. The molecular weight excluding hydrogens is 985 g/mol. The smallest absolute Gasteiger partial charge is 0.306 e. The van der Waals surface area contributed by atoms with E-state index in [1.54, 1.807) is 0 Å². The second-order valence-corrected chi connectivity index (χ2v) is 22.4. The van der Waals surface area contributed by atoms with Crippen molar-refractivity contribution in [1.29, 1.82) is 0 Å². The molecule has 1 atom stereocenters. The third-order valence-corrected chi connectivity index (χ3v) is 14.5. The number of allylic oxidation sites excluding steroid dienone is 18. The van der Waals surface area contributed by atoms with Crippen LogP contribution >= 0.6 is 0 Å². The highest BCUT2D eigenvalue weighted by atomic mass is 16.6. The maximum Gasteiger partial charge on any atom is 0.306 e. The van der Waals surface area contributed by atoms with Crippen molar-refractivity contribution in [1.82, 2.24) is 0 Å². The Morgan fingerprint density at radius 1 is 0.263 bits per heavy atom. The summed E-state index contributed by atoms with van der Waals surface area (Å²) < 4.78 is 16.9. The van der Waals surface area contributed by atoms with Gasteiger partial charge in [-0.2, -0.15) is 0 Å². The first-order valence-electron chi connectivity index (χ1n) is 33.9. The molecular formula is C74H126O6. The van der Waals surface area contributed by atoms with Gasteiger partial charge in [0.2, 0.25) is 0 Å². The van der Waals surface area contributed by atoms with Crippen LogP contribution in [0.1, 0.15) is 323 Å². The quantitative estimate of drug-likeness (QED) is 0.0261. The summed E-state index contributed by atoms with van der Waals surface area (Å²) in [5.74, 6) is -0.885. The zero-order chi connectivity index (χ0) is 57.8. The fourth-order valence-corrected chi connectivity index (χ4v) is 9.45. The largest absolute Gasteiger partial charge is 0.462 e. The average Bonchev–Trinajstić information content (AvgIpc) is 3.46. The molecule has 0 N–H and O–H groups in total. The van der Waals surface area contributed by atoms with E-state index in [0.29, 0.717) is 19.3 Å². The summed E-state index contributed by atoms with van der Waals surface area (Å²) >= 11 is 0. The average molecular weight is 1110 g/mol. The van der Waals surface area contributed by atoms with Crippen LogP contribution in [0.3, 0.4) is 0 Å². The topological polar surface area (TPSA) is 78.9 Å². The Kier molecular flexibility index (Phi) is 64.3. The Morgan fingerprint density at radius 3 is 0.775 bits per heavy atom. The van der Waals surface area contributed by atoms with E-state index in [-0.39, 0.29) is 31.1 Å².